The molecule has 0 aromatic heterocycles. The fraction of sp³-hybridized carbons (Fsp3) is 0.200. The number of aliphatic carboxylic acids is 1. The predicted octanol–water partition coefficient (Wildman–Crippen LogP) is 2.24. The molecule has 0 radical (unpaired) electrons. The van der Waals surface area contributed by atoms with Crippen LogP contribution in [0.4, 0.5) is 0 Å². The van der Waals surface area contributed by atoms with Gasteiger partial charge in [-0.25, -0.2) is 4.79 Å². The summed E-state index contributed by atoms with van der Waals surface area (Å²) >= 11 is 3.74. The Morgan fingerprint density at radius 3 is 3.00 bits per heavy atom. The molecule has 1 heterocycles. The van der Waals surface area contributed by atoms with Gasteiger partial charge in [0.05, 0.1) is 5.04 Å². The largest absolute Gasteiger partial charge is 0.480 e. The molecule has 5 heteroatoms. The summed E-state index contributed by atoms with van der Waals surface area (Å²) in [5, 5.41) is 9.64. The van der Waals surface area contributed by atoms with Gasteiger partial charge >= 0.3 is 5.97 Å². The van der Waals surface area contributed by atoms with E-state index in [0.717, 1.165) is 14.2 Å². The molecule has 3 nitrogen and oxygen atoms in total. The fourth-order valence-electron chi connectivity index (χ4n) is 1.28. The molecule has 78 valence electrons. The van der Waals surface area contributed by atoms with Gasteiger partial charge in [-0.2, -0.15) is 0 Å². The highest BCUT2D eigenvalue weighted by molar-refractivity contribution is 14.1. The molecule has 1 aliphatic heterocycles. The standard InChI is InChI=1S/C10H8INO2S/c11-7-3-1-2-6(4-7)9-12-8(5-15-9)10(13)14/h1-4,8H,5H2,(H,13,14). The van der Waals surface area contributed by atoms with E-state index in [-0.39, 0.29) is 0 Å². The molecule has 1 aromatic rings. The summed E-state index contributed by atoms with van der Waals surface area (Å²) < 4.78 is 1.13. The van der Waals surface area contributed by atoms with Crippen molar-refractivity contribution < 1.29 is 9.90 Å². The first-order chi connectivity index (χ1) is 7.16. The molecular formula is C10H8INO2S. The van der Waals surface area contributed by atoms with Crippen molar-refractivity contribution in [3.8, 4) is 0 Å². The maximum absolute atomic E-state index is 10.7. The van der Waals surface area contributed by atoms with E-state index in [1.165, 1.54) is 11.8 Å². The molecule has 2 rings (SSSR count). The second kappa shape index (κ2) is 4.52. The topological polar surface area (TPSA) is 49.7 Å². The zero-order valence-electron chi connectivity index (χ0n) is 7.68. The number of rotatable bonds is 2. The van der Waals surface area contributed by atoms with E-state index in [2.05, 4.69) is 27.6 Å². The Hall–Kier alpha value is -0.560. The highest BCUT2D eigenvalue weighted by atomic mass is 127. The summed E-state index contributed by atoms with van der Waals surface area (Å²) in [6.07, 6.45) is 0. The Morgan fingerprint density at radius 2 is 2.40 bits per heavy atom. The highest BCUT2D eigenvalue weighted by Crippen LogP contribution is 2.24. The van der Waals surface area contributed by atoms with Crippen LogP contribution >= 0.6 is 34.4 Å². The van der Waals surface area contributed by atoms with Gasteiger partial charge in [0.25, 0.3) is 0 Å². The first-order valence-electron chi connectivity index (χ1n) is 4.36. The highest BCUT2D eigenvalue weighted by Gasteiger charge is 2.24. The Bertz CT molecular complexity index is 433. The van der Waals surface area contributed by atoms with Crippen LogP contribution < -0.4 is 0 Å². The fourth-order valence-corrected chi connectivity index (χ4v) is 2.85. The van der Waals surface area contributed by atoms with Crippen LogP contribution in [0.15, 0.2) is 29.3 Å². The van der Waals surface area contributed by atoms with Gasteiger partial charge in [-0.3, -0.25) is 4.99 Å². The average Bonchev–Trinajstić information content (AvgIpc) is 2.66. The number of aliphatic imine (C=N–C) groups is 1. The van der Waals surface area contributed by atoms with Gasteiger partial charge in [-0.05, 0) is 34.7 Å². The lowest BCUT2D eigenvalue weighted by Crippen LogP contribution is -2.17. The minimum Gasteiger partial charge on any atom is -0.480 e. The first-order valence-corrected chi connectivity index (χ1v) is 6.42. The van der Waals surface area contributed by atoms with Gasteiger partial charge in [0.1, 0.15) is 0 Å². The molecule has 1 atom stereocenters. The number of benzene rings is 1. The van der Waals surface area contributed by atoms with Gasteiger partial charge < -0.3 is 5.11 Å². The van der Waals surface area contributed by atoms with Crippen molar-refractivity contribution in [2.24, 2.45) is 4.99 Å². The Labute approximate surface area is 105 Å². The van der Waals surface area contributed by atoms with Gasteiger partial charge in [-0.1, -0.05) is 12.1 Å². The van der Waals surface area contributed by atoms with Gasteiger partial charge in [0.15, 0.2) is 6.04 Å². The van der Waals surface area contributed by atoms with E-state index in [4.69, 9.17) is 5.11 Å². The predicted molar refractivity (Wildman–Crippen MR) is 69.6 cm³/mol. The number of thioether (sulfide) groups is 1. The van der Waals surface area contributed by atoms with Crippen LogP contribution in [0, 0.1) is 3.57 Å². The van der Waals surface area contributed by atoms with E-state index in [9.17, 15) is 4.79 Å². The smallest absolute Gasteiger partial charge is 0.329 e. The van der Waals surface area contributed by atoms with Crippen molar-refractivity contribution in [2.75, 3.05) is 5.75 Å². The molecule has 0 fully saturated rings. The van der Waals surface area contributed by atoms with Gasteiger partial charge in [0, 0.05) is 14.9 Å². The number of hydrogen-bond acceptors (Lipinski definition) is 3. The summed E-state index contributed by atoms with van der Waals surface area (Å²) in [5.74, 6) is -0.306. The molecule has 15 heavy (non-hydrogen) atoms. The van der Waals surface area contributed by atoms with Crippen molar-refractivity contribution >= 4 is 45.4 Å². The number of hydrogen-bond donors (Lipinski definition) is 1. The molecule has 0 amide bonds. The first kappa shape index (κ1) is 10.9. The molecule has 0 saturated heterocycles. The van der Waals surface area contributed by atoms with E-state index in [1.807, 2.05) is 24.3 Å². The lowest BCUT2D eigenvalue weighted by Gasteiger charge is -1.99. The molecule has 1 unspecified atom stereocenters. The molecule has 1 aromatic carbocycles. The maximum atomic E-state index is 10.7. The quantitative estimate of drug-likeness (QED) is 0.845. The van der Waals surface area contributed by atoms with Crippen LogP contribution in [-0.2, 0) is 4.79 Å². The molecular weight excluding hydrogens is 325 g/mol. The number of nitrogens with zero attached hydrogens (tertiary/aromatic N) is 1. The number of halogens is 1. The van der Waals surface area contributed by atoms with Crippen LogP contribution in [0.25, 0.3) is 0 Å². The number of carbonyl (C=O) groups is 1. The second-order valence-corrected chi connectivity index (χ2v) is 5.36. The number of carboxylic acid groups (broad SMARTS) is 1. The maximum Gasteiger partial charge on any atom is 0.329 e. The van der Waals surface area contributed by atoms with Crippen LogP contribution in [-0.4, -0.2) is 27.9 Å². The van der Waals surface area contributed by atoms with Crippen LogP contribution in [0.3, 0.4) is 0 Å². The second-order valence-electron chi connectivity index (χ2n) is 3.11. The third kappa shape index (κ3) is 2.52. The normalized spacial score (nSPS) is 20.1. The SMILES string of the molecule is O=C(O)C1CSC(c2cccc(I)c2)=N1. The molecule has 1 aliphatic rings. The lowest BCUT2D eigenvalue weighted by atomic mass is 10.2. The zero-order chi connectivity index (χ0) is 10.8. The Kier molecular flexibility index (Phi) is 3.30. The van der Waals surface area contributed by atoms with E-state index in [1.54, 1.807) is 0 Å². The zero-order valence-corrected chi connectivity index (χ0v) is 10.7. The molecule has 0 saturated carbocycles. The van der Waals surface area contributed by atoms with E-state index in [0.29, 0.717) is 5.75 Å². The van der Waals surface area contributed by atoms with E-state index < -0.39 is 12.0 Å². The van der Waals surface area contributed by atoms with Crippen molar-refractivity contribution in [3.05, 3.63) is 33.4 Å². The van der Waals surface area contributed by atoms with Gasteiger partial charge in [-0.15, -0.1) is 11.8 Å². The third-order valence-corrected chi connectivity index (χ3v) is 3.78. The molecule has 0 aliphatic carbocycles. The third-order valence-electron chi connectivity index (χ3n) is 2.01. The summed E-state index contributed by atoms with van der Waals surface area (Å²) in [6, 6.07) is 7.34. The summed E-state index contributed by atoms with van der Waals surface area (Å²) in [4.78, 5) is 14.9. The Morgan fingerprint density at radius 1 is 1.60 bits per heavy atom. The van der Waals surface area contributed by atoms with Crippen molar-refractivity contribution in [1.82, 2.24) is 0 Å². The van der Waals surface area contributed by atoms with E-state index >= 15 is 0 Å². The molecule has 1 N–H and O–H groups in total. The monoisotopic (exact) mass is 333 g/mol. The summed E-state index contributed by atoms with van der Waals surface area (Å²) in [7, 11) is 0. The summed E-state index contributed by atoms with van der Waals surface area (Å²) in [6.45, 7) is 0. The molecule has 0 bridgehead atoms. The van der Waals surface area contributed by atoms with Crippen LogP contribution in [0.2, 0.25) is 0 Å². The van der Waals surface area contributed by atoms with Crippen LogP contribution in [0.1, 0.15) is 5.56 Å². The minimum atomic E-state index is -0.844. The van der Waals surface area contributed by atoms with Gasteiger partial charge in [0.2, 0.25) is 0 Å². The van der Waals surface area contributed by atoms with Crippen molar-refractivity contribution in [1.29, 1.82) is 0 Å². The minimum absolute atomic E-state index is 0.538. The number of carboxylic acids is 1. The lowest BCUT2D eigenvalue weighted by molar-refractivity contribution is -0.137. The molecule has 0 spiro atoms. The van der Waals surface area contributed by atoms with Crippen molar-refractivity contribution in [2.45, 2.75) is 6.04 Å². The Balaban J connectivity index is 2.26. The van der Waals surface area contributed by atoms with Crippen molar-refractivity contribution in [3.63, 3.8) is 0 Å². The van der Waals surface area contributed by atoms with Crippen LogP contribution in [0.5, 0.6) is 0 Å². The summed E-state index contributed by atoms with van der Waals surface area (Å²) in [5.41, 5.74) is 1.01. The average molecular weight is 333 g/mol.